The summed E-state index contributed by atoms with van der Waals surface area (Å²) in [7, 11) is 0. The first-order valence-corrected chi connectivity index (χ1v) is 10.3. The van der Waals surface area contributed by atoms with Crippen molar-refractivity contribution in [3.8, 4) is 17.2 Å². The fourth-order valence-corrected chi connectivity index (χ4v) is 3.93. The molecule has 1 heterocycles. The van der Waals surface area contributed by atoms with Gasteiger partial charge in [0.25, 0.3) is 0 Å². The van der Waals surface area contributed by atoms with Crippen LogP contribution in [0.25, 0.3) is 17.2 Å². The number of pyridine rings is 1. The molecule has 1 N–H and O–H groups in total. The molecule has 0 saturated heterocycles. The van der Waals surface area contributed by atoms with E-state index >= 15 is 0 Å². The molecule has 5 heteroatoms. The van der Waals surface area contributed by atoms with Crippen LogP contribution in [0.15, 0.2) is 66.9 Å². The van der Waals surface area contributed by atoms with Gasteiger partial charge >= 0.3 is 6.09 Å². The van der Waals surface area contributed by atoms with Crippen molar-refractivity contribution in [2.45, 2.75) is 19.3 Å². The molecule has 0 spiro atoms. The van der Waals surface area contributed by atoms with Gasteiger partial charge in [-0.1, -0.05) is 60.7 Å². The van der Waals surface area contributed by atoms with E-state index in [2.05, 4.69) is 40.6 Å². The highest BCUT2D eigenvalue weighted by Crippen LogP contribution is 2.44. The monoisotopic (exact) mass is 409 g/mol. The molecule has 1 aromatic heterocycles. The van der Waals surface area contributed by atoms with E-state index in [-0.39, 0.29) is 5.92 Å². The molecular formula is C26H23N3O2. The zero-order valence-corrected chi connectivity index (χ0v) is 17.3. The maximum Gasteiger partial charge on any atom is 0.407 e. The van der Waals surface area contributed by atoms with Crippen LogP contribution in [0.3, 0.4) is 0 Å². The Morgan fingerprint density at radius 2 is 1.84 bits per heavy atom. The number of nitriles is 1. The third-order valence-corrected chi connectivity index (χ3v) is 5.44. The van der Waals surface area contributed by atoms with E-state index in [1.54, 1.807) is 6.20 Å². The van der Waals surface area contributed by atoms with Gasteiger partial charge in [0, 0.05) is 18.7 Å². The van der Waals surface area contributed by atoms with Crippen molar-refractivity contribution in [2.75, 3.05) is 13.2 Å². The zero-order valence-electron chi connectivity index (χ0n) is 17.3. The average molecular weight is 409 g/mol. The first kappa shape index (κ1) is 20.4. The van der Waals surface area contributed by atoms with Crippen molar-refractivity contribution in [1.29, 1.82) is 5.26 Å². The number of amides is 1. The van der Waals surface area contributed by atoms with E-state index in [1.807, 2.05) is 49.4 Å². The summed E-state index contributed by atoms with van der Waals surface area (Å²) in [5, 5.41) is 11.7. The second kappa shape index (κ2) is 9.27. The molecule has 154 valence electrons. The number of carbonyl (C=O) groups is 1. The summed E-state index contributed by atoms with van der Waals surface area (Å²) < 4.78 is 5.53. The Hall–Kier alpha value is -3.91. The first-order valence-electron chi connectivity index (χ1n) is 10.3. The highest BCUT2D eigenvalue weighted by molar-refractivity contribution is 5.79. The number of alkyl carbamates (subject to hydrolysis) is 1. The van der Waals surface area contributed by atoms with Gasteiger partial charge in [-0.25, -0.2) is 9.78 Å². The lowest BCUT2D eigenvalue weighted by Gasteiger charge is -2.14. The summed E-state index contributed by atoms with van der Waals surface area (Å²) in [5.74, 6) is 0.0603. The molecule has 0 fully saturated rings. The Labute approximate surface area is 182 Å². The molecule has 1 amide bonds. The number of aromatic nitrogens is 1. The number of nitrogens with zero attached hydrogens (tertiary/aromatic N) is 2. The molecule has 0 aliphatic heterocycles. The zero-order chi connectivity index (χ0) is 21.6. The highest BCUT2D eigenvalue weighted by atomic mass is 16.5. The lowest BCUT2D eigenvalue weighted by Crippen LogP contribution is -2.26. The number of aryl methyl sites for hydroxylation is 1. The molecule has 0 bridgehead atoms. The molecule has 1 aliphatic rings. The van der Waals surface area contributed by atoms with Gasteiger partial charge in [0.15, 0.2) is 0 Å². The van der Waals surface area contributed by atoms with Gasteiger partial charge in [-0.15, -0.1) is 0 Å². The summed E-state index contributed by atoms with van der Waals surface area (Å²) in [6, 6.07) is 20.5. The van der Waals surface area contributed by atoms with Crippen molar-refractivity contribution in [1.82, 2.24) is 10.3 Å². The van der Waals surface area contributed by atoms with Crippen LogP contribution in [0, 0.1) is 18.3 Å². The summed E-state index contributed by atoms with van der Waals surface area (Å²) in [5.41, 5.74) is 7.04. The van der Waals surface area contributed by atoms with Crippen molar-refractivity contribution >= 4 is 12.2 Å². The molecule has 3 aromatic rings. The van der Waals surface area contributed by atoms with Crippen LogP contribution in [0.2, 0.25) is 0 Å². The number of hydrogen-bond donors (Lipinski definition) is 1. The summed E-state index contributed by atoms with van der Waals surface area (Å²) in [6.45, 7) is 2.66. The number of rotatable bonds is 6. The summed E-state index contributed by atoms with van der Waals surface area (Å²) in [6.07, 6.45) is 5.82. The van der Waals surface area contributed by atoms with Gasteiger partial charge in [-0.3, -0.25) is 0 Å². The molecule has 0 radical (unpaired) electrons. The quantitative estimate of drug-likeness (QED) is 0.568. The van der Waals surface area contributed by atoms with Crippen molar-refractivity contribution in [3.63, 3.8) is 0 Å². The molecule has 1 aliphatic carbocycles. The molecule has 0 atom stereocenters. The van der Waals surface area contributed by atoms with E-state index in [4.69, 9.17) is 10.00 Å². The number of hydrogen-bond acceptors (Lipinski definition) is 4. The Morgan fingerprint density at radius 1 is 1.16 bits per heavy atom. The minimum atomic E-state index is -0.411. The van der Waals surface area contributed by atoms with Crippen LogP contribution in [-0.2, 0) is 4.74 Å². The first-order chi connectivity index (χ1) is 15.2. The van der Waals surface area contributed by atoms with Crippen molar-refractivity contribution < 1.29 is 9.53 Å². The maximum absolute atomic E-state index is 12.2. The molecule has 4 rings (SSSR count). The lowest BCUT2D eigenvalue weighted by molar-refractivity contribution is 0.143. The number of fused-ring (bicyclic) bond motifs is 3. The molecule has 2 aromatic carbocycles. The van der Waals surface area contributed by atoms with E-state index in [9.17, 15) is 4.79 Å². The predicted molar refractivity (Wildman–Crippen MR) is 120 cm³/mol. The van der Waals surface area contributed by atoms with Crippen LogP contribution < -0.4 is 5.32 Å². The van der Waals surface area contributed by atoms with Crippen LogP contribution in [-0.4, -0.2) is 24.2 Å². The normalized spacial score (nSPS) is 12.3. The Morgan fingerprint density at radius 3 is 2.48 bits per heavy atom. The van der Waals surface area contributed by atoms with Gasteiger partial charge in [0.1, 0.15) is 18.4 Å². The molecule has 5 nitrogen and oxygen atoms in total. The van der Waals surface area contributed by atoms with Gasteiger partial charge in [-0.05, 0) is 52.8 Å². The standard InChI is InChI=1S/C26H23N3O2/c1-18-14-19(16-29-25(18)15-27)8-6-7-13-28-26(30)31-17-24-22-11-4-2-9-20(22)21-10-3-5-12-23(21)24/h2-6,8-12,14,16,24H,7,13,17H2,1H3,(H,28,30). The van der Waals surface area contributed by atoms with E-state index < -0.39 is 6.09 Å². The predicted octanol–water partition coefficient (Wildman–Crippen LogP) is 5.20. The number of ether oxygens (including phenoxy) is 1. The summed E-state index contributed by atoms with van der Waals surface area (Å²) >= 11 is 0. The fraction of sp³-hybridized carbons (Fsp3) is 0.192. The van der Waals surface area contributed by atoms with E-state index in [1.165, 1.54) is 22.3 Å². The minimum Gasteiger partial charge on any atom is -0.449 e. The maximum atomic E-state index is 12.2. The van der Waals surface area contributed by atoms with Crippen molar-refractivity contribution in [3.05, 3.63) is 94.8 Å². The Balaban J connectivity index is 1.27. The van der Waals surface area contributed by atoms with Crippen LogP contribution in [0.4, 0.5) is 4.79 Å². The van der Waals surface area contributed by atoms with Crippen LogP contribution in [0.1, 0.15) is 40.3 Å². The summed E-state index contributed by atoms with van der Waals surface area (Å²) in [4.78, 5) is 16.3. The molecule has 31 heavy (non-hydrogen) atoms. The molecular weight excluding hydrogens is 386 g/mol. The lowest BCUT2D eigenvalue weighted by atomic mass is 9.98. The van der Waals surface area contributed by atoms with Gasteiger partial charge in [0.05, 0.1) is 0 Å². The fourth-order valence-electron chi connectivity index (χ4n) is 3.93. The van der Waals surface area contributed by atoms with E-state index in [0.717, 1.165) is 11.1 Å². The number of carbonyl (C=O) groups excluding carboxylic acids is 1. The van der Waals surface area contributed by atoms with E-state index in [0.29, 0.717) is 25.3 Å². The van der Waals surface area contributed by atoms with Crippen LogP contribution >= 0.6 is 0 Å². The van der Waals surface area contributed by atoms with Crippen LogP contribution in [0.5, 0.6) is 0 Å². The molecule has 0 saturated carbocycles. The SMILES string of the molecule is Cc1cc(C=CCCNC(=O)OCC2c3ccccc3-c3ccccc32)cnc1C#N. The third kappa shape index (κ3) is 4.49. The second-order valence-corrected chi connectivity index (χ2v) is 7.49. The topological polar surface area (TPSA) is 75.0 Å². The minimum absolute atomic E-state index is 0.0603. The van der Waals surface area contributed by atoms with Gasteiger partial charge in [-0.2, -0.15) is 5.26 Å². The average Bonchev–Trinajstić information content (AvgIpc) is 3.11. The smallest absolute Gasteiger partial charge is 0.407 e. The molecule has 0 unspecified atom stereocenters. The van der Waals surface area contributed by atoms with Gasteiger partial charge < -0.3 is 10.1 Å². The Bertz CT molecular complexity index is 1130. The third-order valence-electron chi connectivity index (χ3n) is 5.44. The Kier molecular flexibility index (Phi) is 6.09. The number of nitrogens with one attached hydrogen (secondary N) is 1. The van der Waals surface area contributed by atoms with Crippen molar-refractivity contribution in [2.24, 2.45) is 0 Å². The number of benzene rings is 2. The van der Waals surface area contributed by atoms with Gasteiger partial charge in [0.2, 0.25) is 0 Å². The largest absolute Gasteiger partial charge is 0.449 e. The highest BCUT2D eigenvalue weighted by Gasteiger charge is 2.28. The second-order valence-electron chi connectivity index (χ2n) is 7.49.